The van der Waals surface area contributed by atoms with E-state index in [1.165, 1.54) is 0 Å². The van der Waals surface area contributed by atoms with Gasteiger partial charge in [-0.1, -0.05) is 41.4 Å². The van der Waals surface area contributed by atoms with Crippen LogP contribution in [0.2, 0.25) is 10.0 Å². The van der Waals surface area contributed by atoms with Crippen molar-refractivity contribution in [2.24, 2.45) is 0 Å². The van der Waals surface area contributed by atoms with E-state index in [0.29, 0.717) is 38.3 Å². The molecule has 0 N–H and O–H groups in total. The molecule has 0 unspecified atom stereocenters. The number of para-hydroxylation sites is 1. The van der Waals surface area contributed by atoms with Gasteiger partial charge in [-0.25, -0.2) is 9.78 Å². The Kier molecular flexibility index (Phi) is 4.71. The molecule has 0 bridgehead atoms. The lowest BCUT2D eigenvalue weighted by molar-refractivity contribution is 0.463. The molecule has 0 saturated heterocycles. The summed E-state index contributed by atoms with van der Waals surface area (Å²) in [5, 5.41) is 1.74. The van der Waals surface area contributed by atoms with Crippen LogP contribution >= 0.6 is 35.0 Å². The minimum Gasteiger partial charge on any atom is -0.407 e. The molecule has 1 aromatic heterocycles. The summed E-state index contributed by atoms with van der Waals surface area (Å²) in [7, 11) is 0. The first-order valence-electron chi connectivity index (χ1n) is 6.54. The van der Waals surface area contributed by atoms with Crippen molar-refractivity contribution >= 4 is 45.9 Å². The summed E-state index contributed by atoms with van der Waals surface area (Å²) in [4.78, 5) is 16.2. The van der Waals surface area contributed by atoms with Crippen LogP contribution in [0.1, 0.15) is 11.5 Å². The Hall–Kier alpha value is -1.49. The summed E-state index contributed by atoms with van der Waals surface area (Å²) in [5.74, 6) is 1.60. The third kappa shape index (κ3) is 3.46. The van der Waals surface area contributed by atoms with Gasteiger partial charge in [0.2, 0.25) is 5.89 Å². The van der Waals surface area contributed by atoms with Crippen LogP contribution in [0, 0.1) is 0 Å². The first-order valence-corrected chi connectivity index (χ1v) is 8.45. The van der Waals surface area contributed by atoms with E-state index < -0.39 is 0 Å². The highest BCUT2D eigenvalue weighted by Crippen LogP contribution is 2.26. The zero-order chi connectivity index (χ0) is 15.5. The fourth-order valence-corrected chi connectivity index (χ4v) is 3.44. The number of fused-ring (bicyclic) bond motifs is 1. The molecule has 0 aliphatic rings. The van der Waals surface area contributed by atoms with Crippen LogP contribution in [-0.2, 0) is 11.5 Å². The Morgan fingerprint density at radius 2 is 1.91 bits per heavy atom. The van der Waals surface area contributed by atoms with Gasteiger partial charge in [-0.05, 0) is 29.8 Å². The van der Waals surface area contributed by atoms with Gasteiger partial charge in [0.05, 0.1) is 16.7 Å². The van der Waals surface area contributed by atoms with Gasteiger partial charge in [0.25, 0.3) is 0 Å². The molecule has 3 aromatic rings. The van der Waals surface area contributed by atoms with E-state index in [2.05, 4.69) is 4.98 Å². The Bertz CT molecular complexity index is 879. The molecule has 1 heterocycles. The first-order chi connectivity index (χ1) is 10.6. The van der Waals surface area contributed by atoms with Crippen molar-refractivity contribution < 1.29 is 4.42 Å². The maximum Gasteiger partial charge on any atom is 0.346 e. The molecule has 0 saturated carbocycles. The maximum absolute atomic E-state index is 11.9. The van der Waals surface area contributed by atoms with E-state index in [9.17, 15) is 4.79 Å². The summed E-state index contributed by atoms with van der Waals surface area (Å²) in [6, 6.07) is 12.6. The molecule has 0 atom stereocenters. The highest BCUT2D eigenvalue weighted by atomic mass is 35.5. The van der Waals surface area contributed by atoms with Crippen molar-refractivity contribution in [1.29, 1.82) is 0 Å². The van der Waals surface area contributed by atoms with Crippen LogP contribution < -0.4 is 5.63 Å². The molecule has 112 valence electrons. The van der Waals surface area contributed by atoms with Crippen molar-refractivity contribution in [2.75, 3.05) is 0 Å². The fraction of sp³-hybridized carbons (Fsp3) is 0.125. The molecule has 3 rings (SSSR count). The van der Waals surface area contributed by atoms with Gasteiger partial charge in [0.1, 0.15) is 0 Å². The van der Waals surface area contributed by atoms with Crippen LogP contribution in [0.25, 0.3) is 10.9 Å². The molecular weight excluding hydrogens is 341 g/mol. The number of nitrogens with zero attached hydrogens (tertiary/aromatic N) is 1. The summed E-state index contributed by atoms with van der Waals surface area (Å²) in [5.41, 5.74) is 1.28. The number of aromatic nitrogens is 1. The smallest absolute Gasteiger partial charge is 0.346 e. The van der Waals surface area contributed by atoms with Crippen molar-refractivity contribution in [2.45, 2.75) is 11.5 Å². The number of benzene rings is 2. The lowest BCUT2D eigenvalue weighted by Crippen LogP contribution is -2.04. The second-order valence-electron chi connectivity index (χ2n) is 4.64. The normalized spacial score (nSPS) is 11.0. The summed E-state index contributed by atoms with van der Waals surface area (Å²) in [6.45, 7) is 0. The van der Waals surface area contributed by atoms with Crippen LogP contribution in [-0.4, -0.2) is 4.98 Å². The van der Waals surface area contributed by atoms with E-state index in [-0.39, 0.29) is 5.63 Å². The Labute approximate surface area is 141 Å². The monoisotopic (exact) mass is 351 g/mol. The second kappa shape index (κ2) is 6.73. The molecule has 0 amide bonds. The third-order valence-corrected chi connectivity index (χ3v) is 4.63. The highest BCUT2D eigenvalue weighted by molar-refractivity contribution is 7.97. The zero-order valence-electron chi connectivity index (χ0n) is 11.4. The van der Waals surface area contributed by atoms with Gasteiger partial charge in [0.15, 0.2) is 0 Å². The van der Waals surface area contributed by atoms with Gasteiger partial charge in [-0.3, -0.25) is 0 Å². The van der Waals surface area contributed by atoms with Gasteiger partial charge in [0, 0.05) is 15.8 Å². The van der Waals surface area contributed by atoms with Gasteiger partial charge in [-0.15, -0.1) is 11.8 Å². The van der Waals surface area contributed by atoms with Crippen LogP contribution in [0.4, 0.5) is 0 Å². The number of thioether (sulfide) groups is 1. The van der Waals surface area contributed by atoms with E-state index >= 15 is 0 Å². The third-order valence-electron chi connectivity index (χ3n) is 3.08. The van der Waals surface area contributed by atoms with Crippen molar-refractivity contribution in [3.05, 3.63) is 74.4 Å². The second-order valence-corrected chi connectivity index (χ2v) is 6.47. The molecule has 0 aliphatic carbocycles. The Morgan fingerprint density at radius 1 is 1.09 bits per heavy atom. The van der Waals surface area contributed by atoms with E-state index in [1.807, 2.05) is 12.1 Å². The minimum absolute atomic E-state index is 0.356. The topological polar surface area (TPSA) is 43.1 Å². The SMILES string of the molecule is O=c1oc(CSCc2ccc(Cl)cc2Cl)nc2ccccc12. The average Bonchev–Trinajstić information content (AvgIpc) is 2.50. The van der Waals surface area contributed by atoms with Gasteiger partial charge >= 0.3 is 5.63 Å². The van der Waals surface area contributed by atoms with E-state index in [0.717, 1.165) is 5.56 Å². The molecule has 0 radical (unpaired) electrons. The highest BCUT2D eigenvalue weighted by Gasteiger charge is 2.07. The molecule has 22 heavy (non-hydrogen) atoms. The lowest BCUT2D eigenvalue weighted by atomic mass is 10.2. The lowest BCUT2D eigenvalue weighted by Gasteiger charge is -2.04. The molecule has 3 nitrogen and oxygen atoms in total. The molecule has 2 aromatic carbocycles. The quantitative estimate of drug-likeness (QED) is 0.668. The molecule has 6 heteroatoms. The summed E-state index contributed by atoms with van der Waals surface area (Å²) < 4.78 is 5.24. The van der Waals surface area contributed by atoms with E-state index in [1.54, 1.807) is 42.1 Å². The number of hydrogen-bond acceptors (Lipinski definition) is 4. The average molecular weight is 352 g/mol. The predicted molar refractivity (Wildman–Crippen MR) is 91.7 cm³/mol. The number of hydrogen-bond donors (Lipinski definition) is 0. The zero-order valence-corrected chi connectivity index (χ0v) is 13.7. The molecule has 0 fully saturated rings. The Balaban J connectivity index is 1.73. The molecular formula is C16H11Cl2NO2S. The largest absolute Gasteiger partial charge is 0.407 e. The van der Waals surface area contributed by atoms with Crippen molar-refractivity contribution in [3.8, 4) is 0 Å². The van der Waals surface area contributed by atoms with Crippen LogP contribution in [0.5, 0.6) is 0 Å². The van der Waals surface area contributed by atoms with E-state index in [4.69, 9.17) is 27.6 Å². The molecule has 0 spiro atoms. The van der Waals surface area contributed by atoms with Crippen LogP contribution in [0.3, 0.4) is 0 Å². The van der Waals surface area contributed by atoms with Gasteiger partial charge in [-0.2, -0.15) is 0 Å². The maximum atomic E-state index is 11.9. The number of halogens is 2. The van der Waals surface area contributed by atoms with Gasteiger partial charge < -0.3 is 4.42 Å². The van der Waals surface area contributed by atoms with Crippen molar-refractivity contribution in [1.82, 2.24) is 4.98 Å². The molecule has 0 aliphatic heterocycles. The van der Waals surface area contributed by atoms with Crippen molar-refractivity contribution in [3.63, 3.8) is 0 Å². The fourth-order valence-electron chi connectivity index (χ4n) is 2.01. The summed E-state index contributed by atoms with van der Waals surface area (Å²) in [6.07, 6.45) is 0. The number of rotatable bonds is 4. The minimum atomic E-state index is -0.356. The first kappa shape index (κ1) is 15.4. The van der Waals surface area contributed by atoms with Crippen LogP contribution in [0.15, 0.2) is 51.7 Å². The Morgan fingerprint density at radius 3 is 2.73 bits per heavy atom. The standard InChI is InChI=1S/C16H11Cl2NO2S/c17-11-6-5-10(13(18)7-11)8-22-9-15-19-14-4-2-1-3-12(14)16(20)21-15/h1-7H,8-9H2. The predicted octanol–water partition coefficient (Wildman–Crippen LogP) is 4.93. The summed E-state index contributed by atoms with van der Waals surface area (Å²) >= 11 is 13.6.